The van der Waals surface area contributed by atoms with Crippen molar-refractivity contribution in [3.63, 3.8) is 0 Å². The van der Waals surface area contributed by atoms with Gasteiger partial charge in [-0.3, -0.25) is 0 Å². The molecular formula is C10H11IO2. The van der Waals surface area contributed by atoms with E-state index in [-0.39, 0.29) is 5.63 Å². The Kier molecular flexibility index (Phi) is 3.30. The molecule has 0 aliphatic rings. The van der Waals surface area contributed by atoms with Crippen LogP contribution < -0.4 is 5.63 Å². The average molecular weight is 290 g/mol. The zero-order chi connectivity index (χ0) is 10.0. The maximum Gasteiger partial charge on any atom is 0.339 e. The van der Waals surface area contributed by atoms with Crippen molar-refractivity contribution in [2.24, 2.45) is 0 Å². The van der Waals surface area contributed by atoms with Crippen molar-refractivity contribution in [1.29, 1.82) is 0 Å². The Balaban J connectivity index is 3.40. The van der Waals surface area contributed by atoms with Gasteiger partial charge in [-0.1, -0.05) is 6.08 Å². The third-order valence-corrected chi connectivity index (χ3v) is 2.67. The van der Waals surface area contributed by atoms with Crippen LogP contribution in [0.25, 0.3) is 5.57 Å². The topological polar surface area (TPSA) is 30.2 Å². The summed E-state index contributed by atoms with van der Waals surface area (Å²) in [6.45, 7) is 5.60. The third kappa shape index (κ3) is 2.21. The van der Waals surface area contributed by atoms with Crippen molar-refractivity contribution in [2.75, 3.05) is 0 Å². The van der Waals surface area contributed by atoms with Gasteiger partial charge in [-0.2, -0.15) is 0 Å². The van der Waals surface area contributed by atoms with Crippen molar-refractivity contribution in [3.8, 4) is 0 Å². The number of halogens is 1. The van der Waals surface area contributed by atoms with Gasteiger partial charge in [0.25, 0.3) is 0 Å². The first-order valence-electron chi connectivity index (χ1n) is 3.99. The van der Waals surface area contributed by atoms with Gasteiger partial charge in [0.15, 0.2) is 0 Å². The van der Waals surface area contributed by atoms with Crippen LogP contribution in [0.15, 0.2) is 21.4 Å². The quantitative estimate of drug-likeness (QED) is 0.744. The van der Waals surface area contributed by atoms with Gasteiger partial charge in [-0.15, -0.1) is 0 Å². The molecule has 1 rings (SSSR count). The lowest BCUT2D eigenvalue weighted by Crippen LogP contribution is -2.05. The van der Waals surface area contributed by atoms with Crippen LogP contribution in [0.3, 0.4) is 0 Å². The van der Waals surface area contributed by atoms with Crippen molar-refractivity contribution < 1.29 is 4.42 Å². The standard InChI is InChI=1S/C10H11IO2/c1-4-6(2)9-8(11)5-7(3)10(12)13-9/h4-5H,1-3H3/b6-4-. The number of rotatable bonds is 1. The number of hydrogen-bond acceptors (Lipinski definition) is 2. The third-order valence-electron chi connectivity index (χ3n) is 1.87. The van der Waals surface area contributed by atoms with Gasteiger partial charge in [0.05, 0.1) is 3.57 Å². The van der Waals surface area contributed by atoms with Gasteiger partial charge in [-0.05, 0) is 55.0 Å². The van der Waals surface area contributed by atoms with Gasteiger partial charge in [-0.25, -0.2) is 4.79 Å². The van der Waals surface area contributed by atoms with Crippen LogP contribution in [0.5, 0.6) is 0 Å². The van der Waals surface area contributed by atoms with E-state index in [4.69, 9.17) is 4.42 Å². The van der Waals surface area contributed by atoms with E-state index in [9.17, 15) is 4.79 Å². The summed E-state index contributed by atoms with van der Waals surface area (Å²) in [5, 5.41) is 0. The predicted octanol–water partition coefficient (Wildman–Crippen LogP) is 2.98. The molecule has 0 bridgehead atoms. The van der Waals surface area contributed by atoms with Crippen LogP contribution in [0.2, 0.25) is 0 Å². The van der Waals surface area contributed by atoms with E-state index in [0.29, 0.717) is 11.3 Å². The Labute approximate surface area is 90.8 Å². The summed E-state index contributed by atoms with van der Waals surface area (Å²) in [5.41, 5.74) is 1.38. The van der Waals surface area contributed by atoms with Crippen LogP contribution in [0.4, 0.5) is 0 Å². The molecule has 0 aliphatic heterocycles. The Morgan fingerprint density at radius 3 is 2.77 bits per heavy atom. The number of allylic oxidation sites excluding steroid dienone is 2. The van der Waals surface area contributed by atoms with Crippen LogP contribution >= 0.6 is 22.6 Å². The fraction of sp³-hybridized carbons (Fsp3) is 0.300. The molecule has 1 aromatic rings. The van der Waals surface area contributed by atoms with E-state index in [2.05, 4.69) is 22.6 Å². The van der Waals surface area contributed by atoms with Crippen molar-refractivity contribution in [1.82, 2.24) is 0 Å². The van der Waals surface area contributed by atoms with E-state index >= 15 is 0 Å². The Hall–Kier alpha value is -0.580. The van der Waals surface area contributed by atoms with Gasteiger partial charge in [0, 0.05) is 5.56 Å². The average Bonchev–Trinajstić information content (AvgIpc) is 2.10. The molecule has 2 nitrogen and oxygen atoms in total. The molecular weight excluding hydrogens is 279 g/mol. The minimum Gasteiger partial charge on any atom is -0.422 e. The summed E-state index contributed by atoms with van der Waals surface area (Å²) in [7, 11) is 0. The van der Waals surface area contributed by atoms with E-state index in [1.165, 1.54) is 0 Å². The largest absolute Gasteiger partial charge is 0.422 e. The van der Waals surface area contributed by atoms with Crippen LogP contribution in [-0.4, -0.2) is 0 Å². The van der Waals surface area contributed by atoms with Gasteiger partial charge >= 0.3 is 5.63 Å². The van der Waals surface area contributed by atoms with E-state index in [0.717, 1.165) is 9.14 Å². The smallest absolute Gasteiger partial charge is 0.339 e. The monoisotopic (exact) mass is 290 g/mol. The highest BCUT2D eigenvalue weighted by atomic mass is 127. The maximum atomic E-state index is 11.2. The molecule has 0 saturated heterocycles. The first kappa shape index (κ1) is 10.5. The summed E-state index contributed by atoms with van der Waals surface area (Å²) in [6.07, 6.45) is 1.93. The highest BCUT2D eigenvalue weighted by Crippen LogP contribution is 2.19. The predicted molar refractivity (Wildman–Crippen MR) is 61.8 cm³/mol. The molecule has 3 heteroatoms. The van der Waals surface area contributed by atoms with E-state index < -0.39 is 0 Å². The van der Waals surface area contributed by atoms with E-state index in [1.807, 2.05) is 26.0 Å². The fourth-order valence-electron chi connectivity index (χ4n) is 0.936. The second-order valence-corrected chi connectivity index (χ2v) is 4.03. The second kappa shape index (κ2) is 4.09. The molecule has 0 aliphatic carbocycles. The fourth-order valence-corrected chi connectivity index (χ4v) is 1.94. The minimum atomic E-state index is -0.253. The summed E-state index contributed by atoms with van der Waals surface area (Å²) in [4.78, 5) is 11.2. The minimum absolute atomic E-state index is 0.253. The number of aryl methyl sites for hydroxylation is 1. The van der Waals surface area contributed by atoms with Crippen molar-refractivity contribution in [2.45, 2.75) is 20.8 Å². The molecule has 13 heavy (non-hydrogen) atoms. The van der Waals surface area contributed by atoms with Crippen LogP contribution in [0, 0.1) is 10.5 Å². The lowest BCUT2D eigenvalue weighted by atomic mass is 10.2. The molecule has 1 heterocycles. The first-order chi connectivity index (χ1) is 6.06. The van der Waals surface area contributed by atoms with E-state index in [1.54, 1.807) is 6.92 Å². The first-order valence-corrected chi connectivity index (χ1v) is 5.07. The van der Waals surface area contributed by atoms with Crippen molar-refractivity contribution in [3.05, 3.63) is 37.5 Å². The molecule has 0 fully saturated rings. The van der Waals surface area contributed by atoms with Gasteiger partial charge in [0.2, 0.25) is 0 Å². The highest BCUT2D eigenvalue weighted by molar-refractivity contribution is 14.1. The molecule has 0 radical (unpaired) electrons. The molecule has 0 unspecified atom stereocenters. The van der Waals surface area contributed by atoms with Crippen molar-refractivity contribution >= 4 is 28.2 Å². The Morgan fingerprint density at radius 1 is 1.62 bits per heavy atom. The normalized spacial score (nSPS) is 11.8. The lowest BCUT2D eigenvalue weighted by Gasteiger charge is -2.02. The summed E-state index contributed by atoms with van der Waals surface area (Å²) in [6, 6.07) is 1.84. The molecule has 70 valence electrons. The number of hydrogen-bond donors (Lipinski definition) is 0. The summed E-state index contributed by atoms with van der Waals surface area (Å²) in [5.74, 6) is 0.679. The molecule has 0 aromatic carbocycles. The Morgan fingerprint density at radius 2 is 2.23 bits per heavy atom. The summed E-state index contributed by atoms with van der Waals surface area (Å²) < 4.78 is 6.14. The molecule has 0 N–H and O–H groups in total. The van der Waals surface area contributed by atoms with Crippen LogP contribution in [0.1, 0.15) is 25.2 Å². The van der Waals surface area contributed by atoms with Crippen LogP contribution in [-0.2, 0) is 0 Å². The molecule has 0 amide bonds. The summed E-state index contributed by atoms with van der Waals surface area (Å²) >= 11 is 2.17. The SMILES string of the molecule is C/C=C(/C)c1oc(=O)c(C)cc1I. The molecule has 0 atom stereocenters. The zero-order valence-corrected chi connectivity index (χ0v) is 10.0. The highest BCUT2D eigenvalue weighted by Gasteiger charge is 2.07. The Bertz CT molecular complexity index is 402. The molecule has 0 spiro atoms. The van der Waals surface area contributed by atoms with Gasteiger partial charge < -0.3 is 4.42 Å². The second-order valence-electron chi connectivity index (χ2n) is 2.87. The molecule has 0 saturated carbocycles. The zero-order valence-electron chi connectivity index (χ0n) is 7.85. The lowest BCUT2D eigenvalue weighted by molar-refractivity contribution is 0.488. The maximum absolute atomic E-state index is 11.2. The van der Waals surface area contributed by atoms with Gasteiger partial charge in [0.1, 0.15) is 5.76 Å². The molecule has 1 aromatic heterocycles.